The number of benzene rings is 1. The van der Waals surface area contributed by atoms with Crippen molar-refractivity contribution >= 4 is 10.0 Å². The van der Waals surface area contributed by atoms with Crippen molar-refractivity contribution in [3.63, 3.8) is 0 Å². The molecule has 1 saturated carbocycles. The molecule has 0 N–H and O–H groups in total. The maximum Gasteiger partial charge on any atom is 0.232 e. The molecule has 6 nitrogen and oxygen atoms in total. The van der Waals surface area contributed by atoms with Crippen LogP contribution in [0.25, 0.3) is 0 Å². The monoisotopic (exact) mass is 337 g/mol. The number of nitrogens with zero attached hydrogens (tertiary/aromatic N) is 3. The molecule has 2 heterocycles. The van der Waals surface area contributed by atoms with Gasteiger partial charge in [0.15, 0.2) is 5.82 Å². The molecular formula is C15H16FN3O3S. The first kappa shape index (κ1) is 14.8. The van der Waals surface area contributed by atoms with Gasteiger partial charge in [0.1, 0.15) is 5.82 Å². The largest absolute Gasteiger partial charge is 0.339 e. The number of rotatable bonds is 5. The molecule has 0 bridgehead atoms. The number of sulfonamides is 1. The summed E-state index contributed by atoms with van der Waals surface area (Å²) in [7, 11) is -3.45. The zero-order valence-electron chi connectivity index (χ0n) is 12.4. The average Bonchev–Trinajstić information content (AvgIpc) is 3.16. The van der Waals surface area contributed by atoms with E-state index in [0.29, 0.717) is 30.5 Å². The number of hydrogen-bond donors (Lipinski definition) is 0. The molecule has 2 aliphatic rings. The van der Waals surface area contributed by atoms with Gasteiger partial charge in [-0.25, -0.2) is 12.8 Å². The van der Waals surface area contributed by atoms with E-state index >= 15 is 0 Å². The van der Waals surface area contributed by atoms with Crippen molar-refractivity contribution < 1.29 is 17.3 Å². The maximum atomic E-state index is 13.2. The molecule has 4 rings (SSSR count). The van der Waals surface area contributed by atoms with E-state index in [-0.39, 0.29) is 11.7 Å². The zero-order valence-corrected chi connectivity index (χ0v) is 13.2. The SMILES string of the molecule is O=S(=O)(Cc1cccc(F)c1)N1CC(c2nc(C3CC3)no2)C1. The summed E-state index contributed by atoms with van der Waals surface area (Å²) in [6.45, 7) is 0.675. The lowest BCUT2D eigenvalue weighted by atomic mass is 10.0. The highest BCUT2D eigenvalue weighted by Gasteiger charge is 2.40. The average molecular weight is 337 g/mol. The van der Waals surface area contributed by atoms with Gasteiger partial charge in [-0.05, 0) is 30.5 Å². The Balaban J connectivity index is 1.39. The molecule has 2 aromatic rings. The highest BCUT2D eigenvalue weighted by atomic mass is 32.2. The van der Waals surface area contributed by atoms with Gasteiger partial charge in [-0.2, -0.15) is 9.29 Å². The lowest BCUT2D eigenvalue weighted by Crippen LogP contribution is -2.48. The minimum atomic E-state index is -3.45. The normalized spacial score (nSPS) is 19.7. The van der Waals surface area contributed by atoms with Crippen molar-refractivity contribution in [3.8, 4) is 0 Å². The molecule has 1 aromatic heterocycles. The third-order valence-electron chi connectivity index (χ3n) is 4.23. The van der Waals surface area contributed by atoms with Gasteiger partial charge in [-0.3, -0.25) is 0 Å². The summed E-state index contributed by atoms with van der Waals surface area (Å²) in [5.74, 6) is 0.995. The summed E-state index contributed by atoms with van der Waals surface area (Å²) in [6.07, 6.45) is 2.19. The number of halogens is 1. The summed E-state index contributed by atoms with van der Waals surface area (Å²) in [6, 6.07) is 5.66. The van der Waals surface area contributed by atoms with Crippen LogP contribution in [0.3, 0.4) is 0 Å². The molecule has 0 unspecified atom stereocenters. The fourth-order valence-corrected chi connectivity index (χ4v) is 4.27. The van der Waals surface area contributed by atoms with Crippen LogP contribution in [0.1, 0.15) is 42.0 Å². The zero-order chi connectivity index (χ0) is 16.0. The Labute approximate surface area is 133 Å². The molecular weight excluding hydrogens is 321 g/mol. The van der Waals surface area contributed by atoms with Crippen LogP contribution in [0, 0.1) is 5.82 Å². The van der Waals surface area contributed by atoms with Crippen molar-refractivity contribution in [1.82, 2.24) is 14.4 Å². The van der Waals surface area contributed by atoms with Crippen molar-refractivity contribution in [1.29, 1.82) is 0 Å². The quantitative estimate of drug-likeness (QED) is 0.834. The summed E-state index contributed by atoms with van der Waals surface area (Å²) in [5.41, 5.74) is 0.447. The van der Waals surface area contributed by atoms with Crippen molar-refractivity contribution in [2.24, 2.45) is 0 Å². The molecule has 0 radical (unpaired) electrons. The Bertz CT molecular complexity index is 826. The predicted molar refractivity (Wildman–Crippen MR) is 79.6 cm³/mol. The number of hydrogen-bond acceptors (Lipinski definition) is 5. The van der Waals surface area contributed by atoms with Crippen LogP contribution < -0.4 is 0 Å². The van der Waals surface area contributed by atoms with Crippen molar-refractivity contribution in [2.75, 3.05) is 13.1 Å². The van der Waals surface area contributed by atoms with E-state index in [1.807, 2.05) is 0 Å². The van der Waals surface area contributed by atoms with Crippen LogP contribution in [0.15, 0.2) is 28.8 Å². The minimum absolute atomic E-state index is 0.0442. The maximum absolute atomic E-state index is 13.2. The Morgan fingerprint density at radius 1 is 1.26 bits per heavy atom. The topological polar surface area (TPSA) is 76.3 Å². The van der Waals surface area contributed by atoms with Crippen LogP contribution >= 0.6 is 0 Å². The first-order chi connectivity index (χ1) is 11.0. The number of aromatic nitrogens is 2. The van der Waals surface area contributed by atoms with Crippen LogP contribution in [-0.4, -0.2) is 36.0 Å². The molecule has 1 saturated heterocycles. The summed E-state index contributed by atoms with van der Waals surface area (Å²) < 4.78 is 44.4. The second kappa shape index (κ2) is 5.38. The van der Waals surface area contributed by atoms with Crippen LogP contribution in [0.5, 0.6) is 0 Å². The molecule has 122 valence electrons. The van der Waals surface area contributed by atoms with E-state index in [9.17, 15) is 12.8 Å². The van der Waals surface area contributed by atoms with E-state index < -0.39 is 15.8 Å². The lowest BCUT2D eigenvalue weighted by Gasteiger charge is -2.35. The smallest absolute Gasteiger partial charge is 0.232 e. The Morgan fingerprint density at radius 3 is 2.74 bits per heavy atom. The van der Waals surface area contributed by atoms with Gasteiger partial charge < -0.3 is 4.52 Å². The van der Waals surface area contributed by atoms with E-state index in [1.165, 1.54) is 22.5 Å². The first-order valence-corrected chi connectivity index (χ1v) is 9.18. The Kier molecular flexibility index (Phi) is 3.46. The van der Waals surface area contributed by atoms with E-state index in [0.717, 1.165) is 18.7 Å². The lowest BCUT2D eigenvalue weighted by molar-refractivity contribution is 0.216. The molecule has 0 spiro atoms. The first-order valence-electron chi connectivity index (χ1n) is 7.57. The van der Waals surface area contributed by atoms with Crippen LogP contribution in [-0.2, 0) is 15.8 Å². The summed E-state index contributed by atoms with van der Waals surface area (Å²) in [5, 5.41) is 3.95. The third kappa shape index (κ3) is 3.00. The third-order valence-corrected chi connectivity index (χ3v) is 6.01. The van der Waals surface area contributed by atoms with Crippen molar-refractivity contribution in [2.45, 2.75) is 30.4 Å². The second-order valence-corrected chi connectivity index (χ2v) is 8.13. The van der Waals surface area contributed by atoms with Gasteiger partial charge in [-0.1, -0.05) is 17.3 Å². The fourth-order valence-electron chi connectivity index (χ4n) is 2.67. The molecule has 2 fully saturated rings. The van der Waals surface area contributed by atoms with Crippen LogP contribution in [0.2, 0.25) is 0 Å². The van der Waals surface area contributed by atoms with Gasteiger partial charge in [0.25, 0.3) is 0 Å². The summed E-state index contributed by atoms with van der Waals surface area (Å²) in [4.78, 5) is 4.36. The summed E-state index contributed by atoms with van der Waals surface area (Å²) >= 11 is 0. The second-order valence-electron chi connectivity index (χ2n) is 6.17. The van der Waals surface area contributed by atoms with Gasteiger partial charge >= 0.3 is 0 Å². The standard InChI is InChI=1S/C15H16FN3O3S/c16-13-3-1-2-10(6-13)9-23(20,21)19-7-12(8-19)15-17-14(18-22-15)11-4-5-11/h1-3,6,11-12H,4-5,7-9H2. The Morgan fingerprint density at radius 2 is 2.04 bits per heavy atom. The van der Waals surface area contributed by atoms with Gasteiger partial charge in [0.05, 0.1) is 11.7 Å². The van der Waals surface area contributed by atoms with Crippen LogP contribution in [0.4, 0.5) is 4.39 Å². The van der Waals surface area contributed by atoms with Gasteiger partial charge in [0.2, 0.25) is 15.9 Å². The van der Waals surface area contributed by atoms with Gasteiger partial charge in [-0.15, -0.1) is 0 Å². The van der Waals surface area contributed by atoms with E-state index in [1.54, 1.807) is 6.07 Å². The van der Waals surface area contributed by atoms with Gasteiger partial charge in [0, 0.05) is 19.0 Å². The highest BCUT2D eigenvalue weighted by Crippen LogP contribution is 2.39. The van der Waals surface area contributed by atoms with Crippen molar-refractivity contribution in [3.05, 3.63) is 47.4 Å². The minimum Gasteiger partial charge on any atom is -0.339 e. The molecule has 8 heteroatoms. The molecule has 1 aliphatic heterocycles. The molecule has 0 atom stereocenters. The fraction of sp³-hybridized carbons (Fsp3) is 0.467. The molecule has 1 aliphatic carbocycles. The van der Waals surface area contributed by atoms with E-state index in [4.69, 9.17) is 4.52 Å². The highest BCUT2D eigenvalue weighted by molar-refractivity contribution is 7.88. The molecule has 1 aromatic carbocycles. The predicted octanol–water partition coefficient (Wildman–Crippen LogP) is 2.02. The molecule has 0 amide bonds. The Hall–Kier alpha value is -1.80. The molecule has 23 heavy (non-hydrogen) atoms. The van der Waals surface area contributed by atoms with E-state index in [2.05, 4.69) is 10.1 Å².